The molecule has 0 aliphatic carbocycles. The molecule has 0 aromatic heterocycles. The highest BCUT2D eigenvalue weighted by molar-refractivity contribution is 9.10. The van der Waals surface area contributed by atoms with Crippen LogP contribution >= 0.6 is 51.5 Å². The fraction of sp³-hybridized carbons (Fsp3) is 0.133. The summed E-state index contributed by atoms with van der Waals surface area (Å²) in [6, 6.07) is 11.6. The molecule has 0 bridgehead atoms. The fourth-order valence-corrected chi connectivity index (χ4v) is 3.56. The van der Waals surface area contributed by atoms with Crippen LogP contribution in [0.1, 0.15) is 12.5 Å². The second-order valence-corrected chi connectivity index (χ2v) is 7.26. The van der Waals surface area contributed by atoms with Crippen molar-refractivity contribution in [3.05, 3.63) is 51.5 Å². The lowest BCUT2D eigenvalue weighted by Gasteiger charge is -2.16. The van der Waals surface area contributed by atoms with Crippen molar-refractivity contribution in [2.75, 3.05) is 11.1 Å². The number of hydrogen-bond donors (Lipinski definition) is 2. The number of benzene rings is 2. The van der Waals surface area contributed by atoms with Gasteiger partial charge in [0.25, 0.3) is 0 Å². The summed E-state index contributed by atoms with van der Waals surface area (Å²) in [6.07, 6.45) is 0. The summed E-state index contributed by atoms with van der Waals surface area (Å²) in [5.41, 5.74) is 8.53. The van der Waals surface area contributed by atoms with Gasteiger partial charge in [0.2, 0.25) is 0 Å². The van der Waals surface area contributed by atoms with Gasteiger partial charge in [0, 0.05) is 25.6 Å². The summed E-state index contributed by atoms with van der Waals surface area (Å²) < 4.78 is 0.925. The van der Waals surface area contributed by atoms with Crippen molar-refractivity contribution in [2.24, 2.45) is 5.73 Å². The smallest absolute Gasteiger partial charge is 0.107 e. The van der Waals surface area contributed by atoms with Crippen LogP contribution in [0, 0.1) is 0 Å². The van der Waals surface area contributed by atoms with Crippen molar-refractivity contribution in [1.82, 2.24) is 0 Å². The Hall–Kier alpha value is -0.750. The summed E-state index contributed by atoms with van der Waals surface area (Å²) in [5, 5.41) is 4.01. The van der Waals surface area contributed by atoms with Gasteiger partial charge in [0.1, 0.15) is 4.99 Å². The predicted octanol–water partition coefficient (Wildman–Crippen LogP) is 5.59. The number of nitrogens with one attached hydrogen (secondary N) is 1. The average Bonchev–Trinajstić information content (AvgIpc) is 2.43. The number of rotatable bonds is 5. The molecule has 3 N–H and O–H groups in total. The fourth-order valence-electron chi connectivity index (χ4n) is 1.90. The highest BCUT2D eigenvalue weighted by atomic mass is 79.9. The zero-order valence-electron chi connectivity index (χ0n) is 11.3. The van der Waals surface area contributed by atoms with E-state index in [4.69, 9.17) is 29.6 Å². The molecule has 6 heteroatoms. The summed E-state index contributed by atoms with van der Waals surface area (Å²) in [4.78, 5) is 1.46. The lowest BCUT2D eigenvalue weighted by molar-refractivity contribution is 1.38. The molecule has 0 atom stereocenters. The SMILES string of the molecule is CCSc1cccc(Nc2cc(Cl)ccc2Br)c1C(N)=S. The molecule has 0 spiro atoms. The number of anilines is 2. The standard InChI is InChI=1S/C15H14BrClN2S2/c1-2-21-13-5-3-4-11(14(13)15(18)20)19-12-8-9(17)6-7-10(12)16/h3-8,19H,2H2,1H3,(H2,18,20). The predicted molar refractivity (Wildman–Crippen MR) is 101 cm³/mol. The van der Waals surface area contributed by atoms with E-state index in [0.29, 0.717) is 10.0 Å². The summed E-state index contributed by atoms with van der Waals surface area (Å²) in [7, 11) is 0. The topological polar surface area (TPSA) is 38.0 Å². The van der Waals surface area contributed by atoms with Crippen molar-refractivity contribution in [3.63, 3.8) is 0 Å². The van der Waals surface area contributed by atoms with Gasteiger partial charge in [-0.1, -0.05) is 36.8 Å². The minimum Gasteiger partial charge on any atom is -0.389 e. The number of thioether (sulfide) groups is 1. The molecule has 0 heterocycles. The number of thiocarbonyl (C=S) groups is 1. The van der Waals surface area contributed by atoms with Crippen LogP contribution in [0.4, 0.5) is 11.4 Å². The summed E-state index contributed by atoms with van der Waals surface area (Å²) in [6.45, 7) is 2.10. The Balaban J connectivity index is 2.46. The maximum Gasteiger partial charge on any atom is 0.107 e. The van der Waals surface area contributed by atoms with Gasteiger partial charge in [-0.3, -0.25) is 0 Å². The molecule has 0 saturated carbocycles. The van der Waals surface area contributed by atoms with E-state index in [0.717, 1.165) is 32.1 Å². The number of nitrogens with two attached hydrogens (primary N) is 1. The van der Waals surface area contributed by atoms with Crippen LogP contribution in [-0.2, 0) is 0 Å². The molecule has 0 radical (unpaired) electrons. The number of halogens is 2. The van der Waals surface area contributed by atoms with E-state index in [1.165, 1.54) is 0 Å². The molecule has 0 unspecified atom stereocenters. The third kappa shape index (κ3) is 4.13. The maximum absolute atomic E-state index is 6.05. The van der Waals surface area contributed by atoms with Crippen molar-refractivity contribution in [2.45, 2.75) is 11.8 Å². The molecule has 2 aromatic carbocycles. The van der Waals surface area contributed by atoms with Gasteiger partial charge in [-0.25, -0.2) is 0 Å². The van der Waals surface area contributed by atoms with Crippen LogP contribution in [0.5, 0.6) is 0 Å². The molecule has 2 rings (SSSR count). The van der Waals surface area contributed by atoms with Crippen LogP contribution < -0.4 is 11.1 Å². The minimum absolute atomic E-state index is 0.382. The van der Waals surface area contributed by atoms with Crippen LogP contribution in [0.25, 0.3) is 0 Å². The van der Waals surface area contributed by atoms with Crippen LogP contribution in [-0.4, -0.2) is 10.7 Å². The third-order valence-corrected chi connectivity index (χ3v) is 4.84. The van der Waals surface area contributed by atoms with Crippen LogP contribution in [0.15, 0.2) is 45.8 Å². The van der Waals surface area contributed by atoms with Gasteiger partial charge >= 0.3 is 0 Å². The maximum atomic E-state index is 6.05. The van der Waals surface area contributed by atoms with E-state index in [1.54, 1.807) is 11.8 Å². The lowest BCUT2D eigenvalue weighted by Crippen LogP contribution is -2.13. The van der Waals surface area contributed by atoms with Gasteiger partial charge in [-0.15, -0.1) is 11.8 Å². The molecule has 0 amide bonds. The molecular formula is C15H14BrClN2S2. The second-order valence-electron chi connectivity index (χ2n) is 4.23. The number of hydrogen-bond acceptors (Lipinski definition) is 3. The molecule has 2 nitrogen and oxygen atoms in total. The largest absolute Gasteiger partial charge is 0.389 e. The molecule has 0 aliphatic heterocycles. The quantitative estimate of drug-likeness (QED) is 0.506. The molecule has 0 aliphatic rings. The minimum atomic E-state index is 0.382. The van der Waals surface area contributed by atoms with Crippen molar-refractivity contribution >= 4 is 67.9 Å². The van der Waals surface area contributed by atoms with E-state index in [1.807, 2.05) is 36.4 Å². The van der Waals surface area contributed by atoms with Crippen molar-refractivity contribution in [1.29, 1.82) is 0 Å². The molecule has 21 heavy (non-hydrogen) atoms. The molecular weight excluding hydrogens is 388 g/mol. The van der Waals surface area contributed by atoms with E-state index < -0.39 is 0 Å². The molecule has 110 valence electrons. The summed E-state index contributed by atoms with van der Waals surface area (Å²) >= 11 is 16.5. The van der Waals surface area contributed by atoms with Gasteiger partial charge in [0.15, 0.2) is 0 Å². The van der Waals surface area contributed by atoms with Gasteiger partial charge < -0.3 is 11.1 Å². The van der Waals surface area contributed by atoms with E-state index in [9.17, 15) is 0 Å². The first-order valence-corrected chi connectivity index (χ1v) is 8.87. The average molecular weight is 402 g/mol. The highest BCUT2D eigenvalue weighted by Crippen LogP contribution is 2.33. The third-order valence-electron chi connectivity index (χ3n) is 2.77. The van der Waals surface area contributed by atoms with Gasteiger partial charge in [-0.2, -0.15) is 0 Å². The van der Waals surface area contributed by atoms with E-state index >= 15 is 0 Å². The normalized spacial score (nSPS) is 10.4. The van der Waals surface area contributed by atoms with E-state index in [-0.39, 0.29) is 0 Å². The first-order chi connectivity index (χ1) is 10.0. The zero-order chi connectivity index (χ0) is 15.4. The first-order valence-electron chi connectivity index (χ1n) is 6.30. The van der Waals surface area contributed by atoms with Crippen LogP contribution in [0.2, 0.25) is 5.02 Å². The highest BCUT2D eigenvalue weighted by Gasteiger charge is 2.12. The zero-order valence-corrected chi connectivity index (χ0v) is 15.3. The van der Waals surface area contributed by atoms with Gasteiger partial charge in [-0.05, 0) is 52.0 Å². The monoisotopic (exact) mass is 400 g/mol. The Morgan fingerprint density at radius 3 is 2.76 bits per heavy atom. The van der Waals surface area contributed by atoms with E-state index in [2.05, 4.69) is 28.2 Å². The molecule has 2 aromatic rings. The molecule has 0 fully saturated rings. The Morgan fingerprint density at radius 1 is 1.33 bits per heavy atom. The lowest BCUT2D eigenvalue weighted by atomic mass is 10.1. The second kappa shape index (κ2) is 7.49. The van der Waals surface area contributed by atoms with Crippen molar-refractivity contribution < 1.29 is 0 Å². The van der Waals surface area contributed by atoms with Gasteiger partial charge in [0.05, 0.1) is 5.69 Å². The summed E-state index contributed by atoms with van der Waals surface area (Å²) in [5.74, 6) is 0.958. The Morgan fingerprint density at radius 2 is 2.10 bits per heavy atom. The first kappa shape index (κ1) is 16.6. The Kier molecular flexibility index (Phi) is 5.93. The van der Waals surface area contributed by atoms with Crippen molar-refractivity contribution in [3.8, 4) is 0 Å². The Bertz CT molecular complexity index is 677. The van der Waals surface area contributed by atoms with Crippen LogP contribution in [0.3, 0.4) is 0 Å². The molecule has 0 saturated heterocycles. The Labute approximate surface area is 147 Å².